The van der Waals surface area contributed by atoms with Crippen LogP contribution in [0, 0.1) is 0 Å². The van der Waals surface area contributed by atoms with Crippen molar-refractivity contribution in [3.05, 3.63) is 46.8 Å². The maximum absolute atomic E-state index is 11.8. The molecule has 1 saturated heterocycles. The number of aromatic nitrogens is 1. The standard InChI is InChI=1S/C16H20N2O2/c19-16-7-9-18(15-6-2-1-5-14(15)16)10-8-17-12-13-4-3-11-20-13/h1-2,5-7,9,13,17H,3-4,8,10-12H2. The molecule has 1 fully saturated rings. The highest BCUT2D eigenvalue weighted by atomic mass is 16.5. The second-order valence-electron chi connectivity index (χ2n) is 5.23. The molecule has 20 heavy (non-hydrogen) atoms. The SMILES string of the molecule is O=c1ccn(CCNCC2CCCO2)c2ccccc12. The first-order chi connectivity index (χ1) is 9.84. The summed E-state index contributed by atoms with van der Waals surface area (Å²) in [7, 11) is 0. The number of hydrogen-bond donors (Lipinski definition) is 1. The van der Waals surface area contributed by atoms with Crippen LogP contribution < -0.4 is 10.7 Å². The molecule has 2 aromatic rings. The fourth-order valence-corrected chi connectivity index (χ4v) is 2.72. The molecule has 1 unspecified atom stereocenters. The van der Waals surface area contributed by atoms with Crippen LogP contribution in [0.25, 0.3) is 10.9 Å². The van der Waals surface area contributed by atoms with Gasteiger partial charge in [0, 0.05) is 43.9 Å². The summed E-state index contributed by atoms with van der Waals surface area (Å²) >= 11 is 0. The van der Waals surface area contributed by atoms with Crippen LogP contribution in [0.2, 0.25) is 0 Å². The smallest absolute Gasteiger partial charge is 0.189 e. The fourth-order valence-electron chi connectivity index (χ4n) is 2.72. The van der Waals surface area contributed by atoms with E-state index in [9.17, 15) is 4.79 Å². The third-order valence-electron chi connectivity index (χ3n) is 3.81. The van der Waals surface area contributed by atoms with Gasteiger partial charge in [0.15, 0.2) is 5.43 Å². The number of nitrogens with one attached hydrogen (secondary N) is 1. The van der Waals surface area contributed by atoms with Crippen molar-refractivity contribution in [1.29, 1.82) is 0 Å². The summed E-state index contributed by atoms with van der Waals surface area (Å²) < 4.78 is 7.70. The fraction of sp³-hybridized carbons (Fsp3) is 0.438. The molecular formula is C16H20N2O2. The Morgan fingerprint density at radius 1 is 1.30 bits per heavy atom. The second-order valence-corrected chi connectivity index (χ2v) is 5.23. The molecule has 0 spiro atoms. The largest absolute Gasteiger partial charge is 0.377 e. The molecule has 4 nitrogen and oxygen atoms in total. The van der Waals surface area contributed by atoms with Crippen LogP contribution in [-0.2, 0) is 11.3 Å². The van der Waals surface area contributed by atoms with Crippen molar-refractivity contribution < 1.29 is 4.74 Å². The zero-order valence-corrected chi connectivity index (χ0v) is 11.5. The lowest BCUT2D eigenvalue weighted by molar-refractivity contribution is 0.110. The van der Waals surface area contributed by atoms with Crippen LogP contribution in [-0.4, -0.2) is 30.4 Å². The van der Waals surface area contributed by atoms with Gasteiger partial charge in [-0.2, -0.15) is 0 Å². The third-order valence-corrected chi connectivity index (χ3v) is 3.81. The molecule has 106 valence electrons. The number of ether oxygens (including phenoxy) is 1. The molecule has 4 heteroatoms. The molecule has 1 aromatic carbocycles. The van der Waals surface area contributed by atoms with E-state index in [1.54, 1.807) is 6.07 Å². The van der Waals surface area contributed by atoms with Crippen molar-refractivity contribution in [3.8, 4) is 0 Å². The molecule has 1 atom stereocenters. The predicted octanol–water partition coefficient (Wildman–Crippen LogP) is 1.77. The van der Waals surface area contributed by atoms with Crippen molar-refractivity contribution >= 4 is 10.9 Å². The van der Waals surface area contributed by atoms with Crippen molar-refractivity contribution in [2.75, 3.05) is 19.7 Å². The minimum atomic E-state index is 0.0872. The molecule has 0 amide bonds. The molecule has 1 aliphatic heterocycles. The van der Waals surface area contributed by atoms with E-state index >= 15 is 0 Å². The van der Waals surface area contributed by atoms with Crippen molar-refractivity contribution in [2.24, 2.45) is 0 Å². The normalized spacial score (nSPS) is 18.7. The average molecular weight is 272 g/mol. The zero-order chi connectivity index (χ0) is 13.8. The quantitative estimate of drug-likeness (QED) is 0.844. The van der Waals surface area contributed by atoms with Gasteiger partial charge in [-0.3, -0.25) is 4.79 Å². The minimum Gasteiger partial charge on any atom is -0.377 e. The van der Waals surface area contributed by atoms with Gasteiger partial charge in [-0.05, 0) is 25.0 Å². The Labute approximate surface area is 118 Å². The van der Waals surface area contributed by atoms with E-state index < -0.39 is 0 Å². The van der Waals surface area contributed by atoms with E-state index in [2.05, 4.69) is 9.88 Å². The topological polar surface area (TPSA) is 43.3 Å². The molecule has 0 bridgehead atoms. The zero-order valence-electron chi connectivity index (χ0n) is 11.5. The van der Waals surface area contributed by atoms with Gasteiger partial charge < -0.3 is 14.6 Å². The predicted molar refractivity (Wildman–Crippen MR) is 80.1 cm³/mol. The number of fused-ring (bicyclic) bond motifs is 1. The van der Waals surface area contributed by atoms with Gasteiger partial charge in [0.05, 0.1) is 11.6 Å². The lowest BCUT2D eigenvalue weighted by atomic mass is 10.2. The molecular weight excluding hydrogens is 252 g/mol. The number of hydrogen-bond acceptors (Lipinski definition) is 3. The van der Waals surface area contributed by atoms with Crippen molar-refractivity contribution in [3.63, 3.8) is 0 Å². The Bertz CT molecular complexity index is 630. The lowest BCUT2D eigenvalue weighted by Gasteiger charge is -2.13. The van der Waals surface area contributed by atoms with E-state index in [1.165, 1.54) is 6.42 Å². The summed E-state index contributed by atoms with van der Waals surface area (Å²) in [6.45, 7) is 3.55. The van der Waals surface area contributed by atoms with E-state index in [0.29, 0.717) is 6.10 Å². The highest BCUT2D eigenvalue weighted by Gasteiger charge is 2.14. The number of nitrogens with zero attached hydrogens (tertiary/aromatic N) is 1. The van der Waals surface area contributed by atoms with Crippen LogP contribution >= 0.6 is 0 Å². The second kappa shape index (κ2) is 6.20. The highest BCUT2D eigenvalue weighted by Crippen LogP contribution is 2.11. The van der Waals surface area contributed by atoms with Crippen LogP contribution in [0.4, 0.5) is 0 Å². The first-order valence-electron chi connectivity index (χ1n) is 7.25. The van der Waals surface area contributed by atoms with Crippen molar-refractivity contribution in [1.82, 2.24) is 9.88 Å². The Morgan fingerprint density at radius 2 is 2.20 bits per heavy atom. The van der Waals surface area contributed by atoms with E-state index in [0.717, 1.165) is 43.6 Å². The average Bonchev–Trinajstić information content (AvgIpc) is 2.99. The van der Waals surface area contributed by atoms with Gasteiger partial charge in [0.25, 0.3) is 0 Å². The molecule has 3 rings (SSSR count). The summed E-state index contributed by atoms with van der Waals surface area (Å²) in [4.78, 5) is 11.8. The Balaban J connectivity index is 1.62. The molecule has 0 radical (unpaired) electrons. The summed E-state index contributed by atoms with van der Waals surface area (Å²) in [5.41, 5.74) is 1.09. The van der Waals surface area contributed by atoms with E-state index in [1.807, 2.05) is 30.5 Å². The maximum atomic E-state index is 11.8. The van der Waals surface area contributed by atoms with Gasteiger partial charge in [-0.15, -0.1) is 0 Å². The maximum Gasteiger partial charge on any atom is 0.189 e. The van der Waals surface area contributed by atoms with Gasteiger partial charge in [0.2, 0.25) is 0 Å². The molecule has 0 aliphatic carbocycles. The highest BCUT2D eigenvalue weighted by molar-refractivity contribution is 5.78. The van der Waals surface area contributed by atoms with Crippen LogP contribution in [0.1, 0.15) is 12.8 Å². The third kappa shape index (κ3) is 2.92. The number of pyridine rings is 1. The number of rotatable bonds is 5. The number of para-hydroxylation sites is 1. The molecule has 1 N–H and O–H groups in total. The van der Waals surface area contributed by atoms with Gasteiger partial charge in [-0.25, -0.2) is 0 Å². The molecule has 1 aliphatic rings. The van der Waals surface area contributed by atoms with E-state index in [-0.39, 0.29) is 5.43 Å². The molecule has 0 saturated carbocycles. The van der Waals surface area contributed by atoms with Crippen LogP contribution in [0.3, 0.4) is 0 Å². The summed E-state index contributed by atoms with van der Waals surface area (Å²) in [6.07, 6.45) is 4.59. The molecule has 2 heterocycles. The summed E-state index contributed by atoms with van der Waals surface area (Å²) in [6, 6.07) is 9.40. The lowest BCUT2D eigenvalue weighted by Crippen LogP contribution is -2.29. The first kappa shape index (κ1) is 13.3. The number of benzene rings is 1. The van der Waals surface area contributed by atoms with Gasteiger partial charge in [-0.1, -0.05) is 12.1 Å². The minimum absolute atomic E-state index is 0.0872. The first-order valence-corrected chi connectivity index (χ1v) is 7.25. The Morgan fingerprint density at radius 3 is 3.05 bits per heavy atom. The van der Waals surface area contributed by atoms with Crippen molar-refractivity contribution in [2.45, 2.75) is 25.5 Å². The van der Waals surface area contributed by atoms with Crippen LogP contribution in [0.5, 0.6) is 0 Å². The van der Waals surface area contributed by atoms with Gasteiger partial charge >= 0.3 is 0 Å². The Kier molecular flexibility index (Phi) is 4.14. The monoisotopic (exact) mass is 272 g/mol. The van der Waals surface area contributed by atoms with Crippen LogP contribution in [0.15, 0.2) is 41.3 Å². The van der Waals surface area contributed by atoms with E-state index in [4.69, 9.17) is 4.74 Å². The summed E-state index contributed by atoms with van der Waals surface area (Å²) in [5, 5.41) is 4.22. The van der Waals surface area contributed by atoms with Gasteiger partial charge in [0.1, 0.15) is 0 Å². The Hall–Kier alpha value is -1.65. The molecule has 1 aromatic heterocycles. The summed E-state index contributed by atoms with van der Waals surface area (Å²) in [5.74, 6) is 0.